The first kappa shape index (κ1) is 17.3. The van der Waals surface area contributed by atoms with Gasteiger partial charge < -0.3 is 19.1 Å². The second-order valence-corrected chi connectivity index (χ2v) is 6.05. The highest BCUT2D eigenvalue weighted by atomic mass is 16.5. The Morgan fingerprint density at radius 3 is 2.60 bits per heavy atom. The number of carbonyl (C=O) groups is 1. The van der Waals surface area contributed by atoms with Gasteiger partial charge in [0.2, 0.25) is 0 Å². The first-order valence-corrected chi connectivity index (χ1v) is 8.39. The Labute approximate surface area is 148 Å². The van der Waals surface area contributed by atoms with Gasteiger partial charge >= 0.3 is 0 Å². The standard InChI is InChI=1S/C20H23NO4/c1-15-7-9-16(10-8-15)19-13-21(11-12-24-19)20(22)14-25-18-6-4-3-5-17(18)23-2/h3-10,19H,11-14H2,1-2H3. The van der Waals surface area contributed by atoms with E-state index in [2.05, 4.69) is 31.2 Å². The minimum atomic E-state index is -0.0930. The van der Waals surface area contributed by atoms with Crippen LogP contribution in [0.3, 0.4) is 0 Å². The molecule has 0 aliphatic carbocycles. The lowest BCUT2D eigenvalue weighted by atomic mass is 10.1. The molecule has 0 N–H and O–H groups in total. The van der Waals surface area contributed by atoms with Crippen molar-refractivity contribution in [2.45, 2.75) is 13.0 Å². The molecule has 1 amide bonds. The molecule has 0 spiro atoms. The average molecular weight is 341 g/mol. The number of nitrogens with zero attached hydrogens (tertiary/aromatic N) is 1. The monoisotopic (exact) mass is 341 g/mol. The number of carbonyl (C=O) groups excluding carboxylic acids is 1. The van der Waals surface area contributed by atoms with Crippen LogP contribution in [-0.2, 0) is 9.53 Å². The van der Waals surface area contributed by atoms with Crippen molar-refractivity contribution in [3.05, 3.63) is 59.7 Å². The first-order valence-electron chi connectivity index (χ1n) is 8.39. The summed E-state index contributed by atoms with van der Waals surface area (Å²) in [5.74, 6) is 1.14. The fraction of sp³-hybridized carbons (Fsp3) is 0.350. The van der Waals surface area contributed by atoms with Crippen molar-refractivity contribution in [3.8, 4) is 11.5 Å². The van der Waals surface area contributed by atoms with Crippen molar-refractivity contribution < 1.29 is 19.0 Å². The number of benzene rings is 2. The van der Waals surface area contributed by atoms with Gasteiger partial charge in [-0.2, -0.15) is 0 Å². The van der Waals surface area contributed by atoms with E-state index in [0.717, 1.165) is 5.56 Å². The largest absolute Gasteiger partial charge is 0.493 e. The number of ether oxygens (including phenoxy) is 3. The van der Waals surface area contributed by atoms with Gasteiger partial charge in [-0.3, -0.25) is 4.79 Å². The van der Waals surface area contributed by atoms with Crippen LogP contribution in [0.25, 0.3) is 0 Å². The first-order chi connectivity index (χ1) is 12.2. The van der Waals surface area contributed by atoms with Crippen LogP contribution in [0.5, 0.6) is 11.5 Å². The molecule has 5 heteroatoms. The van der Waals surface area contributed by atoms with E-state index < -0.39 is 0 Å². The molecule has 3 rings (SSSR count). The van der Waals surface area contributed by atoms with Crippen molar-refractivity contribution in [3.63, 3.8) is 0 Å². The molecular weight excluding hydrogens is 318 g/mol. The highest BCUT2D eigenvalue weighted by Gasteiger charge is 2.25. The molecule has 0 radical (unpaired) electrons. The Morgan fingerprint density at radius 1 is 1.16 bits per heavy atom. The van der Waals surface area contributed by atoms with E-state index in [1.807, 2.05) is 18.2 Å². The molecule has 2 aromatic carbocycles. The van der Waals surface area contributed by atoms with E-state index in [-0.39, 0.29) is 18.6 Å². The van der Waals surface area contributed by atoms with E-state index in [1.165, 1.54) is 5.56 Å². The van der Waals surface area contributed by atoms with Crippen LogP contribution in [0.4, 0.5) is 0 Å². The number of aryl methyl sites for hydroxylation is 1. The summed E-state index contributed by atoms with van der Waals surface area (Å²) in [6.45, 7) is 3.68. The van der Waals surface area contributed by atoms with Crippen LogP contribution in [0.2, 0.25) is 0 Å². The van der Waals surface area contributed by atoms with Gasteiger partial charge in [-0.05, 0) is 24.6 Å². The van der Waals surface area contributed by atoms with Crippen molar-refractivity contribution in [1.29, 1.82) is 0 Å². The summed E-state index contributed by atoms with van der Waals surface area (Å²) in [4.78, 5) is 14.3. The second-order valence-electron chi connectivity index (χ2n) is 6.05. The quantitative estimate of drug-likeness (QED) is 0.839. The Bertz CT molecular complexity index is 714. The number of rotatable bonds is 5. The smallest absolute Gasteiger partial charge is 0.260 e. The molecule has 1 saturated heterocycles. The maximum absolute atomic E-state index is 12.5. The highest BCUT2D eigenvalue weighted by molar-refractivity contribution is 5.78. The molecule has 2 aromatic rings. The van der Waals surface area contributed by atoms with Crippen LogP contribution >= 0.6 is 0 Å². The van der Waals surface area contributed by atoms with E-state index in [0.29, 0.717) is 31.2 Å². The Kier molecular flexibility index (Phi) is 5.56. The minimum Gasteiger partial charge on any atom is -0.493 e. The number of morpholine rings is 1. The van der Waals surface area contributed by atoms with Crippen LogP contribution in [-0.4, -0.2) is 44.2 Å². The third-order valence-electron chi connectivity index (χ3n) is 4.29. The molecule has 0 aromatic heterocycles. The molecule has 1 unspecified atom stereocenters. The number of amides is 1. The number of methoxy groups -OCH3 is 1. The van der Waals surface area contributed by atoms with Gasteiger partial charge in [0.25, 0.3) is 5.91 Å². The third-order valence-corrected chi connectivity index (χ3v) is 4.29. The van der Waals surface area contributed by atoms with E-state index in [9.17, 15) is 4.79 Å². The SMILES string of the molecule is COc1ccccc1OCC(=O)N1CCOC(c2ccc(C)cc2)C1. The van der Waals surface area contributed by atoms with Gasteiger partial charge in [0.15, 0.2) is 18.1 Å². The van der Waals surface area contributed by atoms with Gasteiger partial charge in [-0.25, -0.2) is 0 Å². The summed E-state index contributed by atoms with van der Waals surface area (Å²) in [6, 6.07) is 15.5. The molecule has 25 heavy (non-hydrogen) atoms. The minimum absolute atomic E-state index is 0.0129. The van der Waals surface area contributed by atoms with Crippen molar-refractivity contribution >= 4 is 5.91 Å². The van der Waals surface area contributed by atoms with Crippen LogP contribution in [0.1, 0.15) is 17.2 Å². The summed E-state index contributed by atoms with van der Waals surface area (Å²) in [7, 11) is 1.58. The van der Waals surface area contributed by atoms with Crippen molar-refractivity contribution in [1.82, 2.24) is 4.90 Å². The summed E-state index contributed by atoms with van der Waals surface area (Å²) in [5, 5.41) is 0. The molecule has 1 aliphatic heterocycles. The Balaban J connectivity index is 1.59. The fourth-order valence-electron chi connectivity index (χ4n) is 2.83. The van der Waals surface area contributed by atoms with Crippen LogP contribution in [0, 0.1) is 6.92 Å². The molecule has 132 valence electrons. The predicted molar refractivity (Wildman–Crippen MR) is 94.9 cm³/mol. The fourth-order valence-corrected chi connectivity index (χ4v) is 2.83. The molecule has 1 atom stereocenters. The molecule has 1 fully saturated rings. The van der Waals surface area contributed by atoms with Crippen molar-refractivity contribution in [2.75, 3.05) is 33.4 Å². The number of hydrogen-bond donors (Lipinski definition) is 0. The topological polar surface area (TPSA) is 48.0 Å². The van der Waals surface area contributed by atoms with E-state index in [4.69, 9.17) is 14.2 Å². The lowest BCUT2D eigenvalue weighted by molar-refractivity contribution is -0.141. The number of para-hydroxylation sites is 2. The van der Waals surface area contributed by atoms with Crippen molar-refractivity contribution in [2.24, 2.45) is 0 Å². The van der Waals surface area contributed by atoms with Crippen LogP contribution < -0.4 is 9.47 Å². The van der Waals surface area contributed by atoms with Gasteiger partial charge in [0, 0.05) is 6.54 Å². The zero-order valence-corrected chi connectivity index (χ0v) is 14.6. The van der Waals surface area contributed by atoms with Crippen LogP contribution in [0.15, 0.2) is 48.5 Å². The van der Waals surface area contributed by atoms with E-state index in [1.54, 1.807) is 18.1 Å². The zero-order chi connectivity index (χ0) is 17.6. The summed E-state index contributed by atoms with van der Waals surface area (Å²) >= 11 is 0. The molecule has 1 heterocycles. The van der Waals surface area contributed by atoms with Gasteiger partial charge in [0.05, 0.1) is 20.3 Å². The van der Waals surface area contributed by atoms with Gasteiger partial charge in [-0.1, -0.05) is 42.0 Å². The highest BCUT2D eigenvalue weighted by Crippen LogP contribution is 2.26. The maximum atomic E-state index is 12.5. The van der Waals surface area contributed by atoms with Gasteiger partial charge in [-0.15, -0.1) is 0 Å². The van der Waals surface area contributed by atoms with E-state index >= 15 is 0 Å². The lowest BCUT2D eigenvalue weighted by Crippen LogP contribution is -2.44. The lowest BCUT2D eigenvalue weighted by Gasteiger charge is -2.33. The second kappa shape index (κ2) is 8.03. The summed E-state index contributed by atoms with van der Waals surface area (Å²) in [5.41, 5.74) is 2.30. The Hall–Kier alpha value is -2.53. The molecule has 5 nitrogen and oxygen atoms in total. The number of hydrogen-bond acceptors (Lipinski definition) is 4. The Morgan fingerprint density at radius 2 is 1.88 bits per heavy atom. The molecule has 0 saturated carbocycles. The summed E-state index contributed by atoms with van der Waals surface area (Å²) in [6.07, 6.45) is -0.0930. The zero-order valence-electron chi connectivity index (χ0n) is 14.6. The average Bonchev–Trinajstić information content (AvgIpc) is 2.67. The molecule has 0 bridgehead atoms. The predicted octanol–water partition coefficient (Wildman–Crippen LogP) is 2.98. The summed E-state index contributed by atoms with van der Waals surface area (Å²) < 4.78 is 16.7. The third kappa shape index (κ3) is 4.31. The maximum Gasteiger partial charge on any atom is 0.260 e. The van der Waals surface area contributed by atoms with Gasteiger partial charge in [0.1, 0.15) is 6.10 Å². The normalized spacial score (nSPS) is 17.2. The molecular formula is C20H23NO4. The molecule has 1 aliphatic rings.